The predicted molar refractivity (Wildman–Crippen MR) is 59.1 cm³/mol. The lowest BCUT2D eigenvalue weighted by Gasteiger charge is -2.24. The first kappa shape index (κ1) is 10.1. The number of rotatable bonds is 0. The molecule has 0 aromatic rings. The van der Waals surface area contributed by atoms with Crippen LogP contribution in [0.4, 0.5) is 0 Å². The summed E-state index contributed by atoms with van der Waals surface area (Å²) in [6, 6.07) is 0. The molecule has 2 aliphatic rings. The summed E-state index contributed by atoms with van der Waals surface area (Å²) in [6.07, 6.45) is 16.2. The van der Waals surface area contributed by atoms with E-state index in [1.54, 1.807) is 0 Å². The predicted octanol–water partition coefficient (Wildman–Crippen LogP) is 4.18. The second-order valence-corrected chi connectivity index (χ2v) is 4.65. The van der Waals surface area contributed by atoms with E-state index >= 15 is 0 Å². The van der Waals surface area contributed by atoms with Gasteiger partial charge in [0, 0.05) is 6.42 Å². The van der Waals surface area contributed by atoms with Gasteiger partial charge in [-0.05, 0) is 38.2 Å². The fourth-order valence-electron chi connectivity index (χ4n) is 2.49. The van der Waals surface area contributed by atoms with Crippen LogP contribution < -0.4 is 0 Å². The van der Waals surface area contributed by atoms with Crippen LogP contribution in [-0.4, -0.2) is 6.10 Å². The van der Waals surface area contributed by atoms with Crippen LogP contribution >= 0.6 is 0 Å². The Morgan fingerprint density at radius 2 is 1.71 bits per heavy atom. The molecule has 0 aliphatic carbocycles. The Balaban J connectivity index is 1.88. The Bertz CT molecular complexity index is 195. The molecule has 0 radical (unpaired) electrons. The monoisotopic (exact) mass is 194 g/mol. The first-order valence-corrected chi connectivity index (χ1v) is 6.31. The average Bonchev–Trinajstić information content (AvgIpc) is 2.25. The van der Waals surface area contributed by atoms with E-state index in [1.807, 2.05) is 0 Å². The zero-order valence-electron chi connectivity index (χ0n) is 9.13. The minimum Gasteiger partial charge on any atom is -0.495 e. The van der Waals surface area contributed by atoms with Gasteiger partial charge in [0.15, 0.2) is 0 Å². The third-order valence-electron chi connectivity index (χ3n) is 3.38. The van der Waals surface area contributed by atoms with E-state index in [2.05, 4.69) is 6.08 Å². The molecule has 0 amide bonds. The Kier molecular flexibility index (Phi) is 3.90. The highest BCUT2D eigenvalue weighted by atomic mass is 16.5. The van der Waals surface area contributed by atoms with Crippen LogP contribution in [0.15, 0.2) is 11.8 Å². The van der Waals surface area contributed by atoms with Crippen LogP contribution in [0.2, 0.25) is 0 Å². The van der Waals surface area contributed by atoms with Crippen LogP contribution in [0.3, 0.4) is 0 Å². The molecule has 0 saturated carbocycles. The Morgan fingerprint density at radius 3 is 2.64 bits per heavy atom. The maximum Gasteiger partial charge on any atom is 0.0985 e. The van der Waals surface area contributed by atoms with E-state index in [0.29, 0.717) is 6.10 Å². The van der Waals surface area contributed by atoms with Gasteiger partial charge >= 0.3 is 0 Å². The van der Waals surface area contributed by atoms with Crippen molar-refractivity contribution in [1.29, 1.82) is 0 Å². The summed E-state index contributed by atoms with van der Waals surface area (Å²) in [4.78, 5) is 0. The van der Waals surface area contributed by atoms with Crippen LogP contribution in [-0.2, 0) is 4.74 Å². The Morgan fingerprint density at radius 1 is 0.929 bits per heavy atom. The number of ether oxygens (including phenoxy) is 1. The Hall–Kier alpha value is -0.460. The van der Waals surface area contributed by atoms with Gasteiger partial charge < -0.3 is 4.74 Å². The second kappa shape index (κ2) is 5.43. The SMILES string of the molecule is C1=C2CCCCCCCCC(CC1)O2. The van der Waals surface area contributed by atoms with E-state index in [9.17, 15) is 0 Å². The number of fused-ring (bicyclic) bond motifs is 2. The molecule has 2 rings (SSSR count). The standard InChI is InChI=1S/C13H22O/c1-2-4-6-9-13-11-7-10-12(14-13)8-5-3-1/h10,13H,1-9,11H2. The fraction of sp³-hybridized carbons (Fsp3) is 0.846. The van der Waals surface area contributed by atoms with E-state index in [-0.39, 0.29) is 0 Å². The summed E-state index contributed by atoms with van der Waals surface area (Å²) in [7, 11) is 0. The third-order valence-corrected chi connectivity index (χ3v) is 3.38. The highest BCUT2D eigenvalue weighted by Crippen LogP contribution is 2.26. The van der Waals surface area contributed by atoms with Crippen molar-refractivity contribution in [3.8, 4) is 0 Å². The Labute approximate surface area is 87.5 Å². The first-order valence-electron chi connectivity index (χ1n) is 6.31. The quantitative estimate of drug-likeness (QED) is 0.562. The van der Waals surface area contributed by atoms with Crippen molar-refractivity contribution in [3.05, 3.63) is 11.8 Å². The van der Waals surface area contributed by atoms with Gasteiger partial charge in [-0.2, -0.15) is 0 Å². The van der Waals surface area contributed by atoms with Crippen molar-refractivity contribution in [2.45, 2.75) is 70.3 Å². The molecule has 1 fully saturated rings. The smallest absolute Gasteiger partial charge is 0.0985 e. The van der Waals surface area contributed by atoms with Gasteiger partial charge in [0.1, 0.15) is 0 Å². The molecule has 1 atom stereocenters. The van der Waals surface area contributed by atoms with E-state index in [4.69, 9.17) is 4.74 Å². The van der Waals surface area contributed by atoms with Crippen molar-refractivity contribution in [2.75, 3.05) is 0 Å². The van der Waals surface area contributed by atoms with Gasteiger partial charge in [0.05, 0.1) is 11.9 Å². The second-order valence-electron chi connectivity index (χ2n) is 4.65. The average molecular weight is 194 g/mol. The van der Waals surface area contributed by atoms with Crippen LogP contribution in [0.25, 0.3) is 0 Å². The summed E-state index contributed by atoms with van der Waals surface area (Å²) >= 11 is 0. The molecule has 14 heavy (non-hydrogen) atoms. The molecule has 80 valence electrons. The summed E-state index contributed by atoms with van der Waals surface area (Å²) in [6.45, 7) is 0. The molecule has 1 unspecified atom stereocenters. The highest BCUT2D eigenvalue weighted by molar-refractivity contribution is 4.98. The lowest BCUT2D eigenvalue weighted by molar-refractivity contribution is 0.0800. The van der Waals surface area contributed by atoms with Gasteiger partial charge in [-0.25, -0.2) is 0 Å². The lowest BCUT2D eigenvalue weighted by atomic mass is 10.0. The molecule has 0 aromatic heterocycles. The maximum atomic E-state index is 5.98. The summed E-state index contributed by atoms with van der Waals surface area (Å²) < 4.78 is 5.98. The van der Waals surface area contributed by atoms with Crippen LogP contribution in [0.5, 0.6) is 0 Å². The van der Waals surface area contributed by atoms with E-state index < -0.39 is 0 Å². The van der Waals surface area contributed by atoms with Crippen molar-refractivity contribution >= 4 is 0 Å². The largest absolute Gasteiger partial charge is 0.495 e. The molecule has 2 heterocycles. The van der Waals surface area contributed by atoms with Crippen LogP contribution in [0.1, 0.15) is 64.2 Å². The summed E-state index contributed by atoms with van der Waals surface area (Å²) in [5.41, 5.74) is 0. The van der Waals surface area contributed by atoms with Crippen LogP contribution in [0, 0.1) is 0 Å². The number of hydrogen-bond acceptors (Lipinski definition) is 1. The highest BCUT2D eigenvalue weighted by Gasteiger charge is 2.16. The summed E-state index contributed by atoms with van der Waals surface area (Å²) in [5.74, 6) is 1.29. The first-order chi connectivity index (χ1) is 6.95. The molecule has 2 bridgehead atoms. The molecule has 0 N–H and O–H groups in total. The normalized spacial score (nSPS) is 29.7. The zero-order valence-corrected chi connectivity index (χ0v) is 9.13. The van der Waals surface area contributed by atoms with Crippen molar-refractivity contribution in [2.24, 2.45) is 0 Å². The van der Waals surface area contributed by atoms with Gasteiger partial charge in [-0.1, -0.05) is 25.7 Å². The molecule has 0 spiro atoms. The maximum absolute atomic E-state index is 5.98. The van der Waals surface area contributed by atoms with Crippen molar-refractivity contribution in [3.63, 3.8) is 0 Å². The minimum absolute atomic E-state index is 0.549. The third kappa shape index (κ3) is 3.04. The van der Waals surface area contributed by atoms with Gasteiger partial charge in [0.25, 0.3) is 0 Å². The molecule has 0 aromatic carbocycles. The molecule has 1 nitrogen and oxygen atoms in total. The van der Waals surface area contributed by atoms with Crippen molar-refractivity contribution in [1.82, 2.24) is 0 Å². The topological polar surface area (TPSA) is 9.23 Å². The molecule has 1 heteroatoms. The van der Waals surface area contributed by atoms with E-state index in [0.717, 1.165) is 0 Å². The van der Waals surface area contributed by atoms with Gasteiger partial charge in [-0.3, -0.25) is 0 Å². The molecule has 2 aliphatic heterocycles. The van der Waals surface area contributed by atoms with Gasteiger partial charge in [-0.15, -0.1) is 0 Å². The number of hydrogen-bond donors (Lipinski definition) is 0. The van der Waals surface area contributed by atoms with Crippen molar-refractivity contribution < 1.29 is 4.74 Å². The van der Waals surface area contributed by atoms with E-state index in [1.165, 1.54) is 70.0 Å². The van der Waals surface area contributed by atoms with Gasteiger partial charge in [0.2, 0.25) is 0 Å². The molecule has 1 saturated heterocycles. The minimum atomic E-state index is 0.549. The molecular weight excluding hydrogens is 172 g/mol. The molecular formula is C13H22O. The fourth-order valence-corrected chi connectivity index (χ4v) is 2.49. The zero-order chi connectivity index (χ0) is 9.64. The lowest BCUT2D eigenvalue weighted by Crippen LogP contribution is -2.16. The number of allylic oxidation sites excluding steroid dienone is 2. The summed E-state index contributed by atoms with van der Waals surface area (Å²) in [5, 5.41) is 0.